The fraction of sp³-hybridized carbons (Fsp3) is 0.143. The summed E-state index contributed by atoms with van der Waals surface area (Å²) in [7, 11) is 0. The Morgan fingerprint density at radius 2 is 2.05 bits per heavy atom. The van der Waals surface area contributed by atoms with E-state index in [1.807, 2.05) is 48.3 Å². The maximum Gasteiger partial charge on any atom is 0.226 e. The van der Waals surface area contributed by atoms with Crippen molar-refractivity contribution in [3.63, 3.8) is 0 Å². The van der Waals surface area contributed by atoms with Crippen LogP contribution in [0.25, 0.3) is 11.5 Å². The standard InChI is InChI=1S/C14H12BrN3O/c1-10-6-16-18(7-10)8-13-9-19-14(17-13)11-2-4-12(15)5-3-11/h2-7,9H,8H2,1H3. The van der Waals surface area contributed by atoms with Crippen molar-refractivity contribution in [2.45, 2.75) is 13.5 Å². The van der Waals surface area contributed by atoms with Gasteiger partial charge in [-0.1, -0.05) is 15.9 Å². The maximum absolute atomic E-state index is 5.50. The van der Waals surface area contributed by atoms with Crippen LogP contribution >= 0.6 is 15.9 Å². The van der Waals surface area contributed by atoms with Gasteiger partial charge in [-0.2, -0.15) is 5.10 Å². The largest absolute Gasteiger partial charge is 0.444 e. The van der Waals surface area contributed by atoms with Gasteiger partial charge in [-0.25, -0.2) is 4.98 Å². The predicted octanol–water partition coefficient (Wildman–Crippen LogP) is 3.66. The number of aromatic nitrogens is 3. The molecule has 96 valence electrons. The van der Waals surface area contributed by atoms with Crippen LogP contribution in [0.2, 0.25) is 0 Å². The number of oxazole rings is 1. The summed E-state index contributed by atoms with van der Waals surface area (Å²) in [4.78, 5) is 4.47. The van der Waals surface area contributed by atoms with Crippen molar-refractivity contribution in [2.24, 2.45) is 0 Å². The Balaban J connectivity index is 1.81. The molecule has 2 aromatic heterocycles. The second kappa shape index (κ2) is 5.01. The monoisotopic (exact) mass is 317 g/mol. The van der Waals surface area contributed by atoms with Gasteiger partial charge in [0.05, 0.1) is 12.7 Å². The average Bonchev–Trinajstić information content (AvgIpc) is 3.00. The summed E-state index contributed by atoms with van der Waals surface area (Å²) in [6.07, 6.45) is 5.48. The van der Waals surface area contributed by atoms with E-state index in [-0.39, 0.29) is 0 Å². The summed E-state index contributed by atoms with van der Waals surface area (Å²) in [5.74, 6) is 0.631. The summed E-state index contributed by atoms with van der Waals surface area (Å²) >= 11 is 3.41. The lowest BCUT2D eigenvalue weighted by molar-refractivity contribution is 0.569. The highest BCUT2D eigenvalue weighted by Gasteiger charge is 2.07. The zero-order valence-electron chi connectivity index (χ0n) is 10.4. The zero-order valence-corrected chi connectivity index (χ0v) is 12.0. The van der Waals surface area contributed by atoms with Gasteiger partial charge in [0.1, 0.15) is 12.0 Å². The first-order valence-electron chi connectivity index (χ1n) is 5.90. The van der Waals surface area contributed by atoms with Gasteiger partial charge < -0.3 is 4.42 Å². The molecule has 0 aliphatic heterocycles. The van der Waals surface area contributed by atoms with Crippen LogP contribution in [-0.4, -0.2) is 14.8 Å². The van der Waals surface area contributed by atoms with Crippen molar-refractivity contribution in [3.05, 3.63) is 58.7 Å². The molecule has 0 radical (unpaired) electrons. The molecule has 0 saturated heterocycles. The van der Waals surface area contributed by atoms with E-state index >= 15 is 0 Å². The van der Waals surface area contributed by atoms with Gasteiger partial charge in [-0.15, -0.1) is 0 Å². The molecule has 19 heavy (non-hydrogen) atoms. The second-order valence-corrected chi connectivity index (χ2v) is 5.28. The van der Waals surface area contributed by atoms with E-state index in [0.29, 0.717) is 12.4 Å². The predicted molar refractivity (Wildman–Crippen MR) is 75.7 cm³/mol. The molecule has 0 fully saturated rings. The van der Waals surface area contributed by atoms with Crippen LogP contribution in [0.5, 0.6) is 0 Å². The lowest BCUT2D eigenvalue weighted by atomic mass is 10.2. The van der Waals surface area contributed by atoms with Crippen LogP contribution in [0.3, 0.4) is 0 Å². The molecule has 0 N–H and O–H groups in total. The molecule has 1 aromatic carbocycles. The molecule has 0 unspecified atom stereocenters. The molecule has 3 rings (SSSR count). The van der Waals surface area contributed by atoms with Gasteiger partial charge in [-0.3, -0.25) is 4.68 Å². The van der Waals surface area contributed by atoms with E-state index < -0.39 is 0 Å². The highest BCUT2D eigenvalue weighted by atomic mass is 79.9. The zero-order chi connectivity index (χ0) is 13.2. The van der Waals surface area contributed by atoms with Crippen LogP contribution in [0.1, 0.15) is 11.3 Å². The average molecular weight is 318 g/mol. The van der Waals surface area contributed by atoms with E-state index in [1.54, 1.807) is 6.26 Å². The molecular weight excluding hydrogens is 306 g/mol. The summed E-state index contributed by atoms with van der Waals surface area (Å²) in [5.41, 5.74) is 2.96. The van der Waals surface area contributed by atoms with Gasteiger partial charge in [0.2, 0.25) is 5.89 Å². The topological polar surface area (TPSA) is 43.9 Å². The third kappa shape index (κ3) is 2.76. The molecule has 3 aromatic rings. The number of hydrogen-bond donors (Lipinski definition) is 0. The van der Waals surface area contributed by atoms with E-state index in [0.717, 1.165) is 21.3 Å². The molecule has 0 atom stereocenters. The minimum atomic E-state index is 0.619. The highest BCUT2D eigenvalue weighted by Crippen LogP contribution is 2.21. The van der Waals surface area contributed by atoms with Crippen LogP contribution in [0, 0.1) is 6.92 Å². The fourth-order valence-electron chi connectivity index (χ4n) is 1.82. The Hall–Kier alpha value is -1.88. The first-order chi connectivity index (χ1) is 9.20. The summed E-state index contributed by atoms with van der Waals surface area (Å²) < 4.78 is 8.38. The minimum Gasteiger partial charge on any atom is -0.444 e. The Bertz CT molecular complexity index is 685. The SMILES string of the molecule is Cc1cnn(Cc2coc(-c3ccc(Br)cc3)n2)c1. The van der Waals surface area contributed by atoms with Gasteiger partial charge in [-0.05, 0) is 36.8 Å². The van der Waals surface area contributed by atoms with Gasteiger partial charge in [0, 0.05) is 16.2 Å². The lowest BCUT2D eigenvalue weighted by Gasteiger charge is -1.96. The molecule has 0 spiro atoms. The van der Waals surface area contributed by atoms with Crippen LogP contribution in [-0.2, 0) is 6.54 Å². The quantitative estimate of drug-likeness (QED) is 0.740. The minimum absolute atomic E-state index is 0.619. The van der Waals surface area contributed by atoms with Crippen molar-refractivity contribution >= 4 is 15.9 Å². The number of nitrogens with zero attached hydrogens (tertiary/aromatic N) is 3. The molecule has 0 saturated carbocycles. The smallest absolute Gasteiger partial charge is 0.226 e. The van der Waals surface area contributed by atoms with E-state index in [4.69, 9.17) is 4.42 Å². The van der Waals surface area contributed by atoms with Crippen molar-refractivity contribution in [1.82, 2.24) is 14.8 Å². The van der Waals surface area contributed by atoms with Crippen molar-refractivity contribution in [2.75, 3.05) is 0 Å². The third-order valence-corrected chi connectivity index (χ3v) is 3.26. The van der Waals surface area contributed by atoms with Gasteiger partial charge >= 0.3 is 0 Å². The van der Waals surface area contributed by atoms with Crippen molar-refractivity contribution in [3.8, 4) is 11.5 Å². The van der Waals surface area contributed by atoms with Crippen molar-refractivity contribution in [1.29, 1.82) is 0 Å². The molecule has 0 aliphatic carbocycles. The first-order valence-corrected chi connectivity index (χ1v) is 6.69. The van der Waals surface area contributed by atoms with Gasteiger partial charge in [0.15, 0.2) is 0 Å². The Morgan fingerprint density at radius 1 is 1.26 bits per heavy atom. The third-order valence-electron chi connectivity index (χ3n) is 2.73. The first kappa shape index (κ1) is 12.2. The number of halogens is 1. The molecular formula is C14H12BrN3O. The summed E-state index contributed by atoms with van der Waals surface area (Å²) in [6.45, 7) is 2.63. The summed E-state index contributed by atoms with van der Waals surface area (Å²) in [6, 6.07) is 7.88. The van der Waals surface area contributed by atoms with E-state index in [1.165, 1.54) is 0 Å². The number of benzene rings is 1. The van der Waals surface area contributed by atoms with Gasteiger partial charge in [0.25, 0.3) is 0 Å². The van der Waals surface area contributed by atoms with Crippen molar-refractivity contribution < 1.29 is 4.42 Å². The van der Waals surface area contributed by atoms with E-state index in [2.05, 4.69) is 26.0 Å². The molecule has 4 nitrogen and oxygen atoms in total. The Morgan fingerprint density at radius 3 is 2.74 bits per heavy atom. The second-order valence-electron chi connectivity index (χ2n) is 4.37. The molecule has 0 aliphatic rings. The van der Waals surface area contributed by atoms with E-state index in [9.17, 15) is 0 Å². The summed E-state index contributed by atoms with van der Waals surface area (Å²) in [5, 5.41) is 4.23. The van der Waals surface area contributed by atoms with Crippen LogP contribution in [0.4, 0.5) is 0 Å². The lowest BCUT2D eigenvalue weighted by Crippen LogP contribution is -1.99. The van der Waals surface area contributed by atoms with Crippen LogP contribution in [0.15, 0.2) is 51.8 Å². The molecule has 2 heterocycles. The molecule has 0 bridgehead atoms. The number of aryl methyl sites for hydroxylation is 1. The Labute approximate surface area is 119 Å². The number of rotatable bonds is 3. The Kier molecular flexibility index (Phi) is 3.21. The molecule has 5 heteroatoms. The highest BCUT2D eigenvalue weighted by molar-refractivity contribution is 9.10. The van der Waals surface area contributed by atoms with Crippen LogP contribution < -0.4 is 0 Å². The number of hydrogen-bond acceptors (Lipinski definition) is 3. The fourth-order valence-corrected chi connectivity index (χ4v) is 2.09. The normalized spacial score (nSPS) is 10.8. The molecule has 0 amide bonds. The maximum atomic E-state index is 5.50.